The topological polar surface area (TPSA) is 72.8 Å². The summed E-state index contributed by atoms with van der Waals surface area (Å²) in [6, 6.07) is 4.32. The molecule has 0 bridgehead atoms. The molecule has 1 atom stereocenters. The molecular weight excluding hydrogens is 252 g/mol. The standard InChI is InChI=1S/C15H20N4O/c1-11-8-13(18-17-11)12-4-2-7-19(9-12)14(20)15(10-16)5-3-6-15/h8,12H,2-7,9H2,1H3,(H,17,18)/t12-/m1/s1. The number of aryl methyl sites for hydroxylation is 1. The summed E-state index contributed by atoms with van der Waals surface area (Å²) in [6.07, 6.45) is 4.50. The van der Waals surface area contributed by atoms with Crippen LogP contribution in [0.4, 0.5) is 0 Å². The maximum absolute atomic E-state index is 12.6. The van der Waals surface area contributed by atoms with Crippen LogP contribution in [0, 0.1) is 23.7 Å². The zero-order valence-corrected chi connectivity index (χ0v) is 11.9. The summed E-state index contributed by atoms with van der Waals surface area (Å²) in [4.78, 5) is 14.5. The highest BCUT2D eigenvalue weighted by atomic mass is 16.2. The molecule has 0 spiro atoms. The number of carbonyl (C=O) groups is 1. The van der Waals surface area contributed by atoms with Gasteiger partial charge >= 0.3 is 0 Å². The third kappa shape index (κ3) is 2.09. The van der Waals surface area contributed by atoms with Crippen molar-refractivity contribution in [3.05, 3.63) is 17.5 Å². The van der Waals surface area contributed by atoms with E-state index in [0.29, 0.717) is 12.5 Å². The number of nitrogens with zero attached hydrogens (tertiary/aromatic N) is 3. The number of hydrogen-bond donors (Lipinski definition) is 1. The van der Waals surface area contributed by atoms with Gasteiger partial charge in [-0.25, -0.2) is 0 Å². The number of carbonyl (C=O) groups excluding carboxylic acids is 1. The van der Waals surface area contributed by atoms with Gasteiger partial charge in [0.15, 0.2) is 0 Å². The van der Waals surface area contributed by atoms with Gasteiger partial charge in [0.25, 0.3) is 0 Å². The van der Waals surface area contributed by atoms with Crippen molar-refractivity contribution in [1.82, 2.24) is 15.1 Å². The lowest BCUT2D eigenvalue weighted by Crippen LogP contribution is -2.50. The second-order valence-electron chi connectivity index (χ2n) is 6.11. The molecule has 1 saturated heterocycles. The Hall–Kier alpha value is -1.83. The molecule has 106 valence electrons. The molecule has 2 aliphatic rings. The van der Waals surface area contributed by atoms with Crippen LogP contribution in [-0.4, -0.2) is 34.1 Å². The number of rotatable bonds is 2. The molecule has 1 aromatic rings. The lowest BCUT2D eigenvalue weighted by molar-refractivity contribution is -0.144. The summed E-state index contributed by atoms with van der Waals surface area (Å²) in [5.74, 6) is 0.344. The first-order valence-electron chi connectivity index (χ1n) is 7.37. The lowest BCUT2D eigenvalue weighted by atomic mass is 9.68. The van der Waals surface area contributed by atoms with Crippen molar-refractivity contribution in [2.24, 2.45) is 5.41 Å². The Bertz CT molecular complexity index is 552. The van der Waals surface area contributed by atoms with Gasteiger partial charge in [-0.1, -0.05) is 0 Å². The Labute approximate surface area is 119 Å². The SMILES string of the molecule is Cc1cc([C@@H]2CCCN(C(=O)C3(C#N)CCC3)C2)n[nH]1. The molecule has 2 fully saturated rings. The number of H-pyrrole nitrogens is 1. The molecular formula is C15H20N4O. The van der Waals surface area contributed by atoms with E-state index >= 15 is 0 Å². The summed E-state index contributed by atoms with van der Waals surface area (Å²) >= 11 is 0. The second kappa shape index (κ2) is 4.93. The average Bonchev–Trinajstić information content (AvgIpc) is 2.85. The normalized spacial score (nSPS) is 24.8. The quantitative estimate of drug-likeness (QED) is 0.896. The highest BCUT2D eigenvalue weighted by molar-refractivity contribution is 5.86. The van der Waals surface area contributed by atoms with E-state index in [2.05, 4.69) is 22.3 Å². The van der Waals surface area contributed by atoms with Crippen LogP contribution in [0.5, 0.6) is 0 Å². The predicted molar refractivity (Wildman–Crippen MR) is 73.8 cm³/mol. The van der Waals surface area contributed by atoms with Gasteiger partial charge in [-0.05, 0) is 45.1 Å². The van der Waals surface area contributed by atoms with Gasteiger partial charge < -0.3 is 4.90 Å². The number of hydrogen-bond acceptors (Lipinski definition) is 3. The van der Waals surface area contributed by atoms with E-state index in [0.717, 1.165) is 50.0 Å². The van der Waals surface area contributed by atoms with Gasteiger partial charge in [0.05, 0.1) is 11.8 Å². The smallest absolute Gasteiger partial charge is 0.243 e. The third-order valence-electron chi connectivity index (χ3n) is 4.68. The maximum atomic E-state index is 12.6. The molecule has 2 heterocycles. The number of amides is 1. The van der Waals surface area contributed by atoms with E-state index in [-0.39, 0.29) is 5.91 Å². The van der Waals surface area contributed by atoms with Crippen LogP contribution in [0.15, 0.2) is 6.07 Å². The Balaban J connectivity index is 1.72. The highest BCUT2D eigenvalue weighted by Crippen LogP contribution is 2.42. The van der Waals surface area contributed by atoms with Crippen molar-refractivity contribution >= 4 is 5.91 Å². The van der Waals surface area contributed by atoms with E-state index in [4.69, 9.17) is 0 Å². The van der Waals surface area contributed by atoms with E-state index < -0.39 is 5.41 Å². The second-order valence-corrected chi connectivity index (χ2v) is 6.11. The van der Waals surface area contributed by atoms with E-state index in [1.165, 1.54) is 0 Å². The van der Waals surface area contributed by atoms with Crippen LogP contribution in [0.1, 0.15) is 49.4 Å². The molecule has 1 saturated carbocycles. The van der Waals surface area contributed by atoms with Gasteiger partial charge in [-0.2, -0.15) is 10.4 Å². The minimum Gasteiger partial charge on any atom is -0.341 e. The molecule has 0 radical (unpaired) electrons. The van der Waals surface area contributed by atoms with Gasteiger partial charge in [-0.3, -0.25) is 9.89 Å². The molecule has 1 aliphatic heterocycles. The van der Waals surface area contributed by atoms with Crippen molar-refractivity contribution in [3.63, 3.8) is 0 Å². The van der Waals surface area contributed by atoms with Crippen molar-refractivity contribution in [2.45, 2.75) is 44.9 Å². The summed E-state index contributed by atoms with van der Waals surface area (Å²) < 4.78 is 0. The molecule has 0 aromatic carbocycles. The fraction of sp³-hybridized carbons (Fsp3) is 0.667. The van der Waals surface area contributed by atoms with Crippen molar-refractivity contribution in [1.29, 1.82) is 5.26 Å². The Morgan fingerprint density at radius 2 is 2.35 bits per heavy atom. The number of likely N-dealkylation sites (tertiary alicyclic amines) is 1. The third-order valence-corrected chi connectivity index (χ3v) is 4.68. The Morgan fingerprint density at radius 3 is 2.90 bits per heavy atom. The largest absolute Gasteiger partial charge is 0.341 e. The van der Waals surface area contributed by atoms with Crippen molar-refractivity contribution in [3.8, 4) is 6.07 Å². The minimum absolute atomic E-state index is 0.0446. The average molecular weight is 272 g/mol. The number of nitriles is 1. The van der Waals surface area contributed by atoms with E-state index in [1.807, 2.05) is 11.8 Å². The van der Waals surface area contributed by atoms with Gasteiger partial charge in [-0.15, -0.1) is 0 Å². The predicted octanol–water partition coefficient (Wildman–Crippen LogP) is 2.12. The molecule has 1 amide bonds. The molecule has 0 unspecified atom stereocenters. The van der Waals surface area contributed by atoms with Gasteiger partial charge in [0.1, 0.15) is 5.41 Å². The molecule has 1 N–H and O–H groups in total. The first-order valence-corrected chi connectivity index (χ1v) is 7.37. The fourth-order valence-electron chi connectivity index (χ4n) is 3.26. The van der Waals surface area contributed by atoms with Crippen molar-refractivity contribution < 1.29 is 4.79 Å². The highest BCUT2D eigenvalue weighted by Gasteiger charge is 2.47. The summed E-state index contributed by atoms with van der Waals surface area (Å²) in [7, 11) is 0. The number of piperidine rings is 1. The Morgan fingerprint density at radius 1 is 1.55 bits per heavy atom. The molecule has 5 heteroatoms. The minimum atomic E-state index is -0.719. The van der Waals surface area contributed by atoms with Crippen molar-refractivity contribution in [2.75, 3.05) is 13.1 Å². The van der Waals surface area contributed by atoms with Crippen LogP contribution in [0.3, 0.4) is 0 Å². The van der Waals surface area contributed by atoms with Crippen LogP contribution in [0.25, 0.3) is 0 Å². The molecule has 1 aromatic heterocycles. The number of nitrogens with one attached hydrogen (secondary N) is 1. The summed E-state index contributed by atoms with van der Waals surface area (Å²) in [6.45, 7) is 3.47. The van der Waals surface area contributed by atoms with Crippen LogP contribution in [0.2, 0.25) is 0 Å². The molecule has 1 aliphatic carbocycles. The summed E-state index contributed by atoms with van der Waals surface area (Å²) in [5, 5.41) is 16.6. The van der Waals surface area contributed by atoms with E-state index in [1.54, 1.807) is 0 Å². The van der Waals surface area contributed by atoms with Crippen LogP contribution >= 0.6 is 0 Å². The van der Waals surface area contributed by atoms with Gasteiger partial charge in [0.2, 0.25) is 5.91 Å². The maximum Gasteiger partial charge on any atom is 0.243 e. The monoisotopic (exact) mass is 272 g/mol. The molecule has 20 heavy (non-hydrogen) atoms. The number of aromatic amines is 1. The number of aromatic nitrogens is 2. The zero-order valence-electron chi connectivity index (χ0n) is 11.9. The van der Waals surface area contributed by atoms with Gasteiger partial charge in [0, 0.05) is 24.7 Å². The Kier molecular flexibility index (Phi) is 3.25. The van der Waals surface area contributed by atoms with Crippen LogP contribution < -0.4 is 0 Å². The first-order chi connectivity index (χ1) is 9.64. The summed E-state index contributed by atoms with van der Waals surface area (Å²) in [5.41, 5.74) is 1.37. The van der Waals surface area contributed by atoms with E-state index in [9.17, 15) is 10.1 Å². The lowest BCUT2D eigenvalue weighted by Gasteiger charge is -2.41. The fourth-order valence-corrected chi connectivity index (χ4v) is 3.26. The first kappa shape index (κ1) is 13.2. The molecule has 3 rings (SSSR count). The van der Waals surface area contributed by atoms with Crippen LogP contribution in [-0.2, 0) is 4.79 Å². The zero-order chi connectivity index (χ0) is 14.2. The molecule has 5 nitrogen and oxygen atoms in total.